The van der Waals surface area contributed by atoms with Crippen molar-refractivity contribution < 1.29 is 9.90 Å². The highest BCUT2D eigenvalue weighted by atomic mass is 32.1. The topological polar surface area (TPSA) is 62.2 Å². The maximum absolute atomic E-state index is 11.8. The summed E-state index contributed by atoms with van der Waals surface area (Å²) in [5.41, 5.74) is 3.25. The van der Waals surface area contributed by atoms with Gasteiger partial charge in [0.1, 0.15) is 5.01 Å². The Morgan fingerprint density at radius 1 is 1.13 bits per heavy atom. The van der Waals surface area contributed by atoms with E-state index in [0.29, 0.717) is 13.0 Å². The molecule has 0 aliphatic carbocycles. The van der Waals surface area contributed by atoms with E-state index in [9.17, 15) is 4.79 Å². The zero-order valence-corrected chi connectivity index (χ0v) is 13.5. The molecule has 3 aromatic rings. The van der Waals surface area contributed by atoms with Crippen molar-refractivity contribution in [2.24, 2.45) is 0 Å². The van der Waals surface area contributed by atoms with E-state index >= 15 is 0 Å². The van der Waals surface area contributed by atoms with Crippen molar-refractivity contribution in [3.8, 4) is 11.1 Å². The number of benzene rings is 2. The van der Waals surface area contributed by atoms with Crippen LogP contribution < -0.4 is 5.32 Å². The molecule has 0 atom stereocenters. The summed E-state index contributed by atoms with van der Waals surface area (Å²) in [6, 6.07) is 16.4. The number of fused-ring (bicyclic) bond motifs is 1. The molecule has 23 heavy (non-hydrogen) atoms. The van der Waals surface area contributed by atoms with Gasteiger partial charge in [0.05, 0.1) is 16.6 Å². The van der Waals surface area contributed by atoms with Crippen molar-refractivity contribution in [3.63, 3.8) is 0 Å². The third kappa shape index (κ3) is 3.94. The van der Waals surface area contributed by atoms with Crippen LogP contribution in [0.5, 0.6) is 0 Å². The van der Waals surface area contributed by atoms with Crippen molar-refractivity contribution in [2.75, 3.05) is 13.2 Å². The number of hydrogen-bond acceptors (Lipinski definition) is 4. The molecule has 2 N–H and O–H groups in total. The van der Waals surface area contributed by atoms with Crippen LogP contribution in [0.25, 0.3) is 21.3 Å². The first-order valence-electron chi connectivity index (χ1n) is 7.59. The SMILES string of the molecule is O=C(Cc1nc2ccc(-c3ccccc3)cc2s1)NCCCO. The summed E-state index contributed by atoms with van der Waals surface area (Å²) in [5.74, 6) is -0.0548. The van der Waals surface area contributed by atoms with Crippen molar-refractivity contribution in [2.45, 2.75) is 12.8 Å². The number of carbonyl (C=O) groups is 1. The monoisotopic (exact) mass is 326 g/mol. The molecule has 0 unspecified atom stereocenters. The molecule has 0 saturated carbocycles. The lowest BCUT2D eigenvalue weighted by Crippen LogP contribution is -2.26. The average Bonchev–Trinajstić information content (AvgIpc) is 2.97. The first-order valence-corrected chi connectivity index (χ1v) is 8.40. The Bertz CT molecular complexity index is 799. The molecule has 1 aromatic heterocycles. The zero-order valence-electron chi connectivity index (χ0n) is 12.7. The fraction of sp³-hybridized carbons (Fsp3) is 0.222. The smallest absolute Gasteiger partial charge is 0.226 e. The standard InChI is InChI=1S/C18H18N2O2S/c21-10-4-9-19-17(22)12-18-20-15-8-7-14(11-16(15)23-18)13-5-2-1-3-6-13/h1-3,5-8,11,21H,4,9-10,12H2,(H,19,22). The van der Waals surface area contributed by atoms with Gasteiger partial charge in [0.15, 0.2) is 0 Å². The van der Waals surface area contributed by atoms with Gasteiger partial charge >= 0.3 is 0 Å². The van der Waals surface area contributed by atoms with Gasteiger partial charge in [-0.3, -0.25) is 4.79 Å². The Hall–Kier alpha value is -2.24. The van der Waals surface area contributed by atoms with E-state index in [1.807, 2.05) is 24.3 Å². The largest absolute Gasteiger partial charge is 0.396 e. The molecule has 0 bridgehead atoms. The number of nitrogens with one attached hydrogen (secondary N) is 1. The van der Waals surface area contributed by atoms with E-state index < -0.39 is 0 Å². The Balaban J connectivity index is 1.76. The van der Waals surface area contributed by atoms with Gasteiger partial charge in [-0.1, -0.05) is 36.4 Å². The van der Waals surface area contributed by atoms with Gasteiger partial charge in [-0.05, 0) is 29.7 Å². The van der Waals surface area contributed by atoms with Crippen molar-refractivity contribution in [3.05, 3.63) is 53.5 Å². The van der Waals surface area contributed by atoms with Gasteiger partial charge < -0.3 is 10.4 Å². The van der Waals surface area contributed by atoms with Crippen molar-refractivity contribution in [1.29, 1.82) is 0 Å². The second-order valence-electron chi connectivity index (χ2n) is 5.26. The van der Waals surface area contributed by atoms with Gasteiger partial charge in [0, 0.05) is 13.2 Å². The predicted molar refractivity (Wildman–Crippen MR) is 93.5 cm³/mol. The van der Waals surface area contributed by atoms with Crippen LogP contribution >= 0.6 is 11.3 Å². The molecule has 0 spiro atoms. The minimum atomic E-state index is -0.0548. The fourth-order valence-corrected chi connectivity index (χ4v) is 3.37. The molecule has 0 aliphatic heterocycles. The molecule has 4 nitrogen and oxygen atoms in total. The molecular formula is C18H18N2O2S. The van der Waals surface area contributed by atoms with Gasteiger partial charge in [-0.15, -0.1) is 11.3 Å². The third-order valence-electron chi connectivity index (χ3n) is 3.51. The lowest BCUT2D eigenvalue weighted by atomic mass is 10.1. The Morgan fingerprint density at radius 2 is 1.96 bits per heavy atom. The van der Waals surface area contributed by atoms with Crippen LogP contribution in [0.1, 0.15) is 11.4 Å². The van der Waals surface area contributed by atoms with Crippen LogP contribution in [0.15, 0.2) is 48.5 Å². The van der Waals surface area contributed by atoms with E-state index in [1.165, 1.54) is 5.56 Å². The van der Waals surface area contributed by atoms with Crippen LogP contribution in [-0.2, 0) is 11.2 Å². The quantitative estimate of drug-likeness (QED) is 0.685. The lowest BCUT2D eigenvalue weighted by Gasteiger charge is -2.01. The van der Waals surface area contributed by atoms with Crippen molar-refractivity contribution >= 4 is 27.5 Å². The van der Waals surface area contributed by atoms with Crippen LogP contribution in [0.3, 0.4) is 0 Å². The number of thiazole rings is 1. The summed E-state index contributed by atoms with van der Waals surface area (Å²) in [5, 5.41) is 12.3. The molecule has 5 heteroatoms. The summed E-state index contributed by atoms with van der Waals surface area (Å²) in [6.45, 7) is 0.585. The van der Waals surface area contributed by atoms with Gasteiger partial charge in [0.25, 0.3) is 0 Å². The van der Waals surface area contributed by atoms with Crippen LogP contribution in [-0.4, -0.2) is 29.1 Å². The van der Waals surface area contributed by atoms with Crippen LogP contribution in [0.2, 0.25) is 0 Å². The fourth-order valence-electron chi connectivity index (χ4n) is 2.36. The van der Waals surface area contributed by atoms with Crippen molar-refractivity contribution in [1.82, 2.24) is 10.3 Å². The summed E-state index contributed by atoms with van der Waals surface area (Å²) >= 11 is 1.55. The highest BCUT2D eigenvalue weighted by Gasteiger charge is 2.09. The molecule has 1 amide bonds. The Labute approximate surface area is 138 Å². The van der Waals surface area contributed by atoms with E-state index in [2.05, 4.69) is 34.6 Å². The van der Waals surface area contributed by atoms with Crippen LogP contribution in [0.4, 0.5) is 0 Å². The molecule has 118 valence electrons. The van der Waals surface area contributed by atoms with E-state index in [4.69, 9.17) is 5.11 Å². The molecule has 1 heterocycles. The highest BCUT2D eigenvalue weighted by molar-refractivity contribution is 7.18. The minimum Gasteiger partial charge on any atom is -0.396 e. The number of nitrogens with zero attached hydrogens (tertiary/aromatic N) is 1. The predicted octanol–water partition coefficient (Wildman–Crippen LogP) is 3.00. The summed E-state index contributed by atoms with van der Waals surface area (Å²) in [6.07, 6.45) is 0.859. The normalized spacial score (nSPS) is 10.8. The molecule has 0 saturated heterocycles. The summed E-state index contributed by atoms with van der Waals surface area (Å²) in [7, 11) is 0. The molecule has 0 fully saturated rings. The molecule has 0 aliphatic rings. The second kappa shape index (κ2) is 7.35. The first-order chi connectivity index (χ1) is 11.3. The minimum absolute atomic E-state index is 0.0548. The van der Waals surface area contributed by atoms with Gasteiger partial charge in [-0.2, -0.15) is 0 Å². The number of rotatable bonds is 6. The molecule has 3 rings (SSSR count). The average molecular weight is 326 g/mol. The number of hydrogen-bond donors (Lipinski definition) is 2. The Morgan fingerprint density at radius 3 is 2.74 bits per heavy atom. The molecular weight excluding hydrogens is 308 g/mol. The number of aromatic nitrogens is 1. The number of aliphatic hydroxyl groups excluding tert-OH is 1. The van der Waals surface area contributed by atoms with E-state index in [0.717, 1.165) is 20.8 Å². The van der Waals surface area contributed by atoms with E-state index in [1.54, 1.807) is 11.3 Å². The summed E-state index contributed by atoms with van der Waals surface area (Å²) in [4.78, 5) is 16.4. The van der Waals surface area contributed by atoms with Crippen LogP contribution in [0, 0.1) is 0 Å². The van der Waals surface area contributed by atoms with Gasteiger partial charge in [-0.25, -0.2) is 4.98 Å². The maximum Gasteiger partial charge on any atom is 0.226 e. The molecule has 2 aromatic carbocycles. The highest BCUT2D eigenvalue weighted by Crippen LogP contribution is 2.28. The Kier molecular flexibility index (Phi) is 5.00. The second-order valence-corrected chi connectivity index (χ2v) is 6.38. The van der Waals surface area contributed by atoms with Gasteiger partial charge in [0.2, 0.25) is 5.91 Å². The number of carbonyl (C=O) groups excluding carboxylic acids is 1. The number of amides is 1. The molecule has 0 radical (unpaired) electrons. The van der Waals surface area contributed by atoms with E-state index in [-0.39, 0.29) is 18.9 Å². The first kappa shape index (κ1) is 15.6. The lowest BCUT2D eigenvalue weighted by molar-refractivity contribution is -0.120. The number of aliphatic hydroxyl groups is 1. The zero-order chi connectivity index (χ0) is 16.1. The third-order valence-corrected chi connectivity index (χ3v) is 4.53. The maximum atomic E-state index is 11.8. The summed E-state index contributed by atoms with van der Waals surface area (Å²) < 4.78 is 1.09.